The van der Waals surface area contributed by atoms with Crippen molar-refractivity contribution >= 4 is 0 Å². The zero-order valence-electron chi connectivity index (χ0n) is 12.4. The van der Waals surface area contributed by atoms with Crippen LogP contribution >= 0.6 is 0 Å². The molecule has 0 spiro atoms. The molecule has 1 unspecified atom stereocenters. The Morgan fingerprint density at radius 1 is 1.16 bits per heavy atom. The SMILES string of the molecule is CCNCc1ccc(OCC(C)OC)c(OCC)c1. The zero-order valence-corrected chi connectivity index (χ0v) is 12.4. The van der Waals surface area contributed by atoms with Gasteiger partial charge in [-0.2, -0.15) is 0 Å². The Labute approximate surface area is 116 Å². The summed E-state index contributed by atoms with van der Waals surface area (Å²) in [7, 11) is 1.68. The van der Waals surface area contributed by atoms with E-state index in [1.165, 1.54) is 5.56 Å². The van der Waals surface area contributed by atoms with Crippen LogP contribution in [0, 0.1) is 0 Å². The Hall–Kier alpha value is -1.26. The molecule has 0 radical (unpaired) electrons. The summed E-state index contributed by atoms with van der Waals surface area (Å²) in [6.07, 6.45) is 0.0657. The highest BCUT2D eigenvalue weighted by molar-refractivity contribution is 5.43. The van der Waals surface area contributed by atoms with E-state index in [0.717, 1.165) is 24.6 Å². The van der Waals surface area contributed by atoms with Crippen LogP contribution in [0.1, 0.15) is 26.3 Å². The summed E-state index contributed by atoms with van der Waals surface area (Å²) in [5.74, 6) is 1.56. The first-order chi connectivity index (χ1) is 9.21. The lowest BCUT2D eigenvalue weighted by molar-refractivity contribution is 0.0703. The van der Waals surface area contributed by atoms with Gasteiger partial charge in [-0.1, -0.05) is 13.0 Å². The lowest BCUT2D eigenvalue weighted by atomic mass is 10.2. The molecule has 0 fully saturated rings. The first-order valence-corrected chi connectivity index (χ1v) is 6.83. The molecule has 19 heavy (non-hydrogen) atoms. The van der Waals surface area contributed by atoms with E-state index in [1.54, 1.807) is 7.11 Å². The quantitative estimate of drug-likeness (QED) is 0.746. The van der Waals surface area contributed by atoms with Crippen molar-refractivity contribution in [1.82, 2.24) is 5.32 Å². The van der Waals surface area contributed by atoms with E-state index < -0.39 is 0 Å². The lowest BCUT2D eigenvalue weighted by Gasteiger charge is -2.15. The highest BCUT2D eigenvalue weighted by atomic mass is 16.5. The maximum Gasteiger partial charge on any atom is 0.161 e. The summed E-state index contributed by atoms with van der Waals surface area (Å²) < 4.78 is 16.5. The van der Waals surface area contributed by atoms with Crippen molar-refractivity contribution in [3.05, 3.63) is 23.8 Å². The van der Waals surface area contributed by atoms with Crippen LogP contribution in [0.15, 0.2) is 18.2 Å². The minimum absolute atomic E-state index is 0.0657. The number of benzene rings is 1. The monoisotopic (exact) mass is 267 g/mol. The molecule has 108 valence electrons. The second-order valence-corrected chi connectivity index (χ2v) is 4.35. The average Bonchev–Trinajstić information content (AvgIpc) is 2.44. The number of rotatable bonds is 9. The first kappa shape index (κ1) is 15.8. The smallest absolute Gasteiger partial charge is 0.161 e. The van der Waals surface area contributed by atoms with Crippen molar-refractivity contribution < 1.29 is 14.2 Å². The summed E-state index contributed by atoms with van der Waals surface area (Å²) in [4.78, 5) is 0. The molecule has 0 aliphatic rings. The fraction of sp³-hybridized carbons (Fsp3) is 0.600. The molecule has 4 heteroatoms. The third-order valence-corrected chi connectivity index (χ3v) is 2.76. The van der Waals surface area contributed by atoms with Gasteiger partial charge in [-0.25, -0.2) is 0 Å². The second-order valence-electron chi connectivity index (χ2n) is 4.35. The van der Waals surface area contributed by atoms with E-state index in [-0.39, 0.29) is 6.10 Å². The average molecular weight is 267 g/mol. The van der Waals surface area contributed by atoms with E-state index >= 15 is 0 Å². The number of hydrogen-bond donors (Lipinski definition) is 1. The molecule has 0 bridgehead atoms. The van der Waals surface area contributed by atoms with Crippen molar-refractivity contribution in [3.8, 4) is 11.5 Å². The van der Waals surface area contributed by atoms with E-state index in [4.69, 9.17) is 14.2 Å². The van der Waals surface area contributed by atoms with E-state index in [0.29, 0.717) is 13.2 Å². The Kier molecular flexibility index (Phi) is 7.30. The Morgan fingerprint density at radius 2 is 1.95 bits per heavy atom. The molecule has 1 aromatic carbocycles. The van der Waals surface area contributed by atoms with Gasteiger partial charge in [0.25, 0.3) is 0 Å². The fourth-order valence-corrected chi connectivity index (χ4v) is 1.59. The van der Waals surface area contributed by atoms with Gasteiger partial charge < -0.3 is 19.5 Å². The topological polar surface area (TPSA) is 39.7 Å². The molecule has 0 aliphatic carbocycles. The predicted molar refractivity (Wildman–Crippen MR) is 77.0 cm³/mol. The second kappa shape index (κ2) is 8.77. The Morgan fingerprint density at radius 3 is 2.58 bits per heavy atom. The van der Waals surface area contributed by atoms with Crippen molar-refractivity contribution in [2.24, 2.45) is 0 Å². The normalized spacial score (nSPS) is 12.2. The van der Waals surface area contributed by atoms with E-state index in [2.05, 4.69) is 18.3 Å². The van der Waals surface area contributed by atoms with Gasteiger partial charge in [-0.05, 0) is 38.1 Å². The largest absolute Gasteiger partial charge is 0.490 e. The molecular formula is C15H25NO3. The Bertz CT molecular complexity index is 368. The molecule has 0 amide bonds. The first-order valence-electron chi connectivity index (χ1n) is 6.83. The van der Waals surface area contributed by atoms with Crippen LogP contribution < -0.4 is 14.8 Å². The molecule has 1 N–H and O–H groups in total. The fourth-order valence-electron chi connectivity index (χ4n) is 1.59. The molecule has 0 aliphatic heterocycles. The van der Waals surface area contributed by atoms with Gasteiger partial charge in [0.2, 0.25) is 0 Å². The molecule has 0 saturated carbocycles. The lowest BCUT2D eigenvalue weighted by Crippen LogP contribution is -2.16. The van der Waals surface area contributed by atoms with Gasteiger partial charge in [0.15, 0.2) is 11.5 Å². The van der Waals surface area contributed by atoms with Crippen LogP contribution in [0.5, 0.6) is 11.5 Å². The number of hydrogen-bond acceptors (Lipinski definition) is 4. The van der Waals surface area contributed by atoms with Crippen LogP contribution in [-0.4, -0.2) is 33.0 Å². The number of methoxy groups -OCH3 is 1. The molecule has 4 nitrogen and oxygen atoms in total. The maximum absolute atomic E-state index is 5.73. The van der Waals surface area contributed by atoms with Gasteiger partial charge in [-0.3, -0.25) is 0 Å². The molecule has 0 saturated heterocycles. The summed E-state index contributed by atoms with van der Waals surface area (Å²) in [6, 6.07) is 6.04. The van der Waals surface area contributed by atoms with Crippen LogP contribution in [0.4, 0.5) is 0 Å². The highest BCUT2D eigenvalue weighted by Crippen LogP contribution is 2.28. The zero-order chi connectivity index (χ0) is 14.1. The van der Waals surface area contributed by atoms with Crippen molar-refractivity contribution in [3.63, 3.8) is 0 Å². The van der Waals surface area contributed by atoms with Crippen molar-refractivity contribution in [2.45, 2.75) is 33.4 Å². The van der Waals surface area contributed by atoms with Crippen LogP contribution in [0.25, 0.3) is 0 Å². The molecule has 1 aromatic rings. The van der Waals surface area contributed by atoms with E-state index in [1.807, 2.05) is 26.0 Å². The standard InChI is InChI=1S/C15H25NO3/c1-5-16-10-13-7-8-14(15(9-13)18-6-2)19-11-12(3)17-4/h7-9,12,16H,5-6,10-11H2,1-4H3. The molecule has 0 heterocycles. The molecular weight excluding hydrogens is 242 g/mol. The summed E-state index contributed by atoms with van der Waals surface area (Å²) >= 11 is 0. The van der Waals surface area contributed by atoms with Gasteiger partial charge in [0, 0.05) is 13.7 Å². The highest BCUT2D eigenvalue weighted by Gasteiger charge is 2.08. The van der Waals surface area contributed by atoms with Gasteiger partial charge in [0.05, 0.1) is 12.7 Å². The minimum Gasteiger partial charge on any atom is -0.490 e. The summed E-state index contributed by atoms with van der Waals surface area (Å²) in [6.45, 7) is 8.97. The third-order valence-electron chi connectivity index (χ3n) is 2.76. The summed E-state index contributed by atoms with van der Waals surface area (Å²) in [5.41, 5.74) is 1.19. The maximum atomic E-state index is 5.73. The third kappa shape index (κ3) is 5.49. The van der Waals surface area contributed by atoms with Crippen molar-refractivity contribution in [2.75, 3.05) is 26.9 Å². The van der Waals surface area contributed by atoms with Gasteiger partial charge >= 0.3 is 0 Å². The summed E-state index contributed by atoms with van der Waals surface area (Å²) in [5, 5.41) is 3.30. The Balaban J connectivity index is 2.72. The van der Waals surface area contributed by atoms with Crippen molar-refractivity contribution in [1.29, 1.82) is 0 Å². The minimum atomic E-state index is 0.0657. The van der Waals surface area contributed by atoms with Crippen LogP contribution in [0.3, 0.4) is 0 Å². The van der Waals surface area contributed by atoms with Gasteiger partial charge in [0.1, 0.15) is 6.61 Å². The van der Waals surface area contributed by atoms with Crippen LogP contribution in [-0.2, 0) is 11.3 Å². The van der Waals surface area contributed by atoms with Crippen LogP contribution in [0.2, 0.25) is 0 Å². The van der Waals surface area contributed by atoms with E-state index in [9.17, 15) is 0 Å². The van der Waals surface area contributed by atoms with Gasteiger partial charge in [-0.15, -0.1) is 0 Å². The predicted octanol–water partition coefficient (Wildman–Crippen LogP) is 2.61. The number of nitrogens with one attached hydrogen (secondary N) is 1. The number of ether oxygens (including phenoxy) is 3. The molecule has 1 rings (SSSR count). The molecule has 0 aromatic heterocycles. The molecule has 1 atom stereocenters.